The number of nitrogens with one attached hydrogen (secondary N) is 2. The smallest absolute Gasteiger partial charge is 0.190 e. The Balaban J connectivity index is 3.93. The number of ether oxygens (including phenoxy) is 1. The van der Waals surface area contributed by atoms with E-state index in [2.05, 4.69) is 48.5 Å². The lowest BCUT2D eigenvalue weighted by atomic mass is 9.93. The third-order valence-electron chi connectivity index (χ3n) is 2.52. The van der Waals surface area contributed by atoms with Crippen LogP contribution in [0.5, 0.6) is 0 Å². The zero-order valence-electron chi connectivity index (χ0n) is 12.8. The number of aliphatic imine (C=N–C) groups is 1. The van der Waals surface area contributed by atoms with Crippen LogP contribution in [0.2, 0.25) is 0 Å². The van der Waals surface area contributed by atoms with Gasteiger partial charge in [-0.15, -0.1) is 0 Å². The highest BCUT2D eigenvalue weighted by Gasteiger charge is 2.18. The van der Waals surface area contributed by atoms with Crippen molar-refractivity contribution in [2.75, 3.05) is 54.5 Å². The fourth-order valence-corrected chi connectivity index (χ4v) is 1.88. The summed E-state index contributed by atoms with van der Waals surface area (Å²) in [4.78, 5) is 6.41. The number of rotatable bonds is 8. The van der Waals surface area contributed by atoms with Crippen LogP contribution in [0.3, 0.4) is 0 Å². The molecule has 18 heavy (non-hydrogen) atoms. The molecule has 0 saturated heterocycles. The molecule has 5 nitrogen and oxygen atoms in total. The van der Waals surface area contributed by atoms with Crippen LogP contribution in [0.25, 0.3) is 0 Å². The van der Waals surface area contributed by atoms with Crippen LogP contribution in [0.4, 0.5) is 0 Å². The quantitative estimate of drug-likeness (QED) is 0.384. The maximum atomic E-state index is 5.01. The Kier molecular flexibility index (Phi) is 8.75. The van der Waals surface area contributed by atoms with E-state index in [-0.39, 0.29) is 5.41 Å². The number of hydrogen-bond acceptors (Lipinski definition) is 3. The molecular formula is C13H30N4O. The van der Waals surface area contributed by atoms with E-state index in [1.165, 1.54) is 0 Å². The molecule has 0 aromatic rings. The van der Waals surface area contributed by atoms with E-state index in [1.54, 1.807) is 14.2 Å². The van der Waals surface area contributed by atoms with Gasteiger partial charge in [0, 0.05) is 40.4 Å². The second-order valence-electron chi connectivity index (χ2n) is 5.60. The van der Waals surface area contributed by atoms with E-state index in [1.807, 2.05) is 0 Å². The second kappa shape index (κ2) is 9.16. The average Bonchev–Trinajstić information content (AvgIpc) is 2.26. The van der Waals surface area contributed by atoms with Gasteiger partial charge in [0.1, 0.15) is 0 Å². The van der Waals surface area contributed by atoms with Crippen molar-refractivity contribution >= 4 is 5.96 Å². The van der Waals surface area contributed by atoms with Gasteiger partial charge in [-0.05, 0) is 25.9 Å². The Labute approximate surface area is 112 Å². The molecule has 0 fully saturated rings. The lowest BCUT2D eigenvalue weighted by Gasteiger charge is -2.29. The summed E-state index contributed by atoms with van der Waals surface area (Å²) in [6.45, 7) is 8.09. The highest BCUT2D eigenvalue weighted by molar-refractivity contribution is 5.79. The topological polar surface area (TPSA) is 48.9 Å². The minimum Gasteiger partial charge on any atom is -0.385 e. The normalized spacial score (nSPS) is 12.9. The molecule has 0 aliphatic heterocycles. The van der Waals surface area contributed by atoms with Gasteiger partial charge in [0.05, 0.1) is 0 Å². The monoisotopic (exact) mass is 258 g/mol. The molecule has 0 spiro atoms. The van der Waals surface area contributed by atoms with Gasteiger partial charge in [0.2, 0.25) is 0 Å². The molecule has 0 aromatic heterocycles. The van der Waals surface area contributed by atoms with Crippen LogP contribution in [-0.2, 0) is 4.74 Å². The fraction of sp³-hybridized carbons (Fsp3) is 0.923. The van der Waals surface area contributed by atoms with E-state index < -0.39 is 0 Å². The Morgan fingerprint density at radius 2 is 1.94 bits per heavy atom. The molecule has 0 amide bonds. The van der Waals surface area contributed by atoms with Crippen LogP contribution < -0.4 is 10.6 Å². The number of nitrogens with zero attached hydrogens (tertiary/aromatic N) is 2. The van der Waals surface area contributed by atoms with Gasteiger partial charge >= 0.3 is 0 Å². The highest BCUT2D eigenvalue weighted by Crippen LogP contribution is 2.13. The molecule has 0 aromatic carbocycles. The van der Waals surface area contributed by atoms with E-state index in [0.717, 1.165) is 38.6 Å². The predicted octanol–water partition coefficient (Wildman–Crippen LogP) is 0.776. The van der Waals surface area contributed by atoms with Crippen LogP contribution in [0.15, 0.2) is 4.99 Å². The van der Waals surface area contributed by atoms with Crippen molar-refractivity contribution in [1.29, 1.82) is 0 Å². The summed E-state index contributed by atoms with van der Waals surface area (Å²) in [7, 11) is 7.71. The summed E-state index contributed by atoms with van der Waals surface area (Å²) in [6, 6.07) is 0. The first kappa shape index (κ1) is 17.2. The van der Waals surface area contributed by atoms with E-state index in [9.17, 15) is 0 Å². The summed E-state index contributed by atoms with van der Waals surface area (Å²) in [6.07, 6.45) is 0.984. The predicted molar refractivity (Wildman–Crippen MR) is 78.2 cm³/mol. The minimum absolute atomic E-state index is 0.216. The summed E-state index contributed by atoms with van der Waals surface area (Å²) in [5.74, 6) is 0.859. The Bertz CT molecular complexity index is 239. The third kappa shape index (κ3) is 9.24. The van der Waals surface area contributed by atoms with Crippen molar-refractivity contribution in [1.82, 2.24) is 15.5 Å². The van der Waals surface area contributed by atoms with Gasteiger partial charge in [-0.3, -0.25) is 4.99 Å². The van der Waals surface area contributed by atoms with Gasteiger partial charge < -0.3 is 20.3 Å². The van der Waals surface area contributed by atoms with Crippen LogP contribution in [-0.4, -0.2) is 65.4 Å². The number of guanidine groups is 1. The minimum atomic E-state index is 0.216. The van der Waals surface area contributed by atoms with Crippen molar-refractivity contribution in [2.45, 2.75) is 20.3 Å². The molecular weight excluding hydrogens is 228 g/mol. The lowest BCUT2D eigenvalue weighted by molar-refractivity contribution is 0.195. The molecule has 0 saturated carbocycles. The molecule has 5 heteroatoms. The standard InChI is InChI=1S/C13H30N4O/c1-13(2,11-17(4)5)10-16-12(14-3)15-8-7-9-18-6/h7-11H2,1-6H3,(H2,14,15,16). The van der Waals surface area contributed by atoms with Crippen LogP contribution in [0.1, 0.15) is 20.3 Å². The molecule has 0 aliphatic carbocycles. The van der Waals surface area contributed by atoms with Crippen molar-refractivity contribution < 1.29 is 4.74 Å². The molecule has 0 atom stereocenters. The summed E-state index contributed by atoms with van der Waals surface area (Å²) in [5.41, 5.74) is 0.216. The van der Waals surface area contributed by atoms with Gasteiger partial charge in [-0.2, -0.15) is 0 Å². The summed E-state index contributed by atoms with van der Waals surface area (Å²) >= 11 is 0. The Morgan fingerprint density at radius 3 is 2.44 bits per heavy atom. The largest absolute Gasteiger partial charge is 0.385 e. The molecule has 0 rings (SSSR count). The van der Waals surface area contributed by atoms with Gasteiger partial charge in [0.15, 0.2) is 5.96 Å². The Hall–Kier alpha value is -0.810. The third-order valence-corrected chi connectivity index (χ3v) is 2.52. The zero-order valence-corrected chi connectivity index (χ0v) is 12.8. The molecule has 0 heterocycles. The van der Waals surface area contributed by atoms with Crippen molar-refractivity contribution in [3.63, 3.8) is 0 Å². The highest BCUT2D eigenvalue weighted by atomic mass is 16.5. The SMILES string of the molecule is CN=C(NCCCOC)NCC(C)(C)CN(C)C. The van der Waals surface area contributed by atoms with Crippen LogP contribution in [0, 0.1) is 5.41 Å². The Morgan fingerprint density at radius 1 is 1.28 bits per heavy atom. The van der Waals surface area contributed by atoms with Crippen molar-refractivity contribution in [2.24, 2.45) is 10.4 Å². The maximum absolute atomic E-state index is 5.01. The number of methoxy groups -OCH3 is 1. The van der Waals surface area contributed by atoms with Crippen molar-refractivity contribution in [3.8, 4) is 0 Å². The van der Waals surface area contributed by atoms with Gasteiger partial charge in [-0.25, -0.2) is 0 Å². The molecule has 108 valence electrons. The maximum Gasteiger partial charge on any atom is 0.190 e. The van der Waals surface area contributed by atoms with Gasteiger partial charge in [0.25, 0.3) is 0 Å². The summed E-state index contributed by atoms with van der Waals surface area (Å²) in [5, 5.41) is 6.64. The first-order chi connectivity index (χ1) is 8.41. The fourth-order valence-electron chi connectivity index (χ4n) is 1.88. The average molecular weight is 258 g/mol. The van der Waals surface area contributed by atoms with Crippen molar-refractivity contribution in [3.05, 3.63) is 0 Å². The van der Waals surface area contributed by atoms with E-state index in [4.69, 9.17) is 4.74 Å². The van der Waals surface area contributed by atoms with Gasteiger partial charge in [-0.1, -0.05) is 13.8 Å². The van der Waals surface area contributed by atoms with E-state index >= 15 is 0 Å². The molecule has 0 radical (unpaired) electrons. The molecule has 0 aliphatic rings. The first-order valence-electron chi connectivity index (χ1n) is 6.49. The molecule has 0 bridgehead atoms. The second-order valence-corrected chi connectivity index (χ2v) is 5.60. The molecule has 0 unspecified atom stereocenters. The zero-order chi connectivity index (χ0) is 14.0. The first-order valence-corrected chi connectivity index (χ1v) is 6.49. The lowest BCUT2D eigenvalue weighted by Crippen LogP contribution is -2.45. The summed E-state index contributed by atoms with van der Waals surface area (Å²) < 4.78 is 5.01. The molecule has 2 N–H and O–H groups in total. The van der Waals surface area contributed by atoms with Crippen LogP contribution >= 0.6 is 0 Å². The van der Waals surface area contributed by atoms with E-state index in [0.29, 0.717) is 0 Å². The number of hydrogen-bond donors (Lipinski definition) is 2.